The van der Waals surface area contributed by atoms with Crippen LogP contribution >= 0.6 is 15.9 Å². The summed E-state index contributed by atoms with van der Waals surface area (Å²) in [5.74, 6) is 0. The maximum Gasteiger partial charge on any atom is 0.0213 e. The van der Waals surface area contributed by atoms with Crippen molar-refractivity contribution in [1.82, 2.24) is 5.32 Å². The van der Waals surface area contributed by atoms with Crippen LogP contribution in [0.1, 0.15) is 30.0 Å². The van der Waals surface area contributed by atoms with Gasteiger partial charge in [0, 0.05) is 17.9 Å². The molecule has 84 valence electrons. The molecule has 1 aromatic rings. The lowest BCUT2D eigenvalue weighted by Crippen LogP contribution is -2.26. The van der Waals surface area contributed by atoms with Crippen LogP contribution in [0.2, 0.25) is 0 Å². The van der Waals surface area contributed by atoms with Gasteiger partial charge >= 0.3 is 0 Å². The molecule has 0 bridgehead atoms. The highest BCUT2D eigenvalue weighted by Crippen LogP contribution is 2.13. The Morgan fingerprint density at radius 1 is 1.27 bits per heavy atom. The molecule has 0 aliphatic heterocycles. The minimum atomic E-state index is 0.573. The topological polar surface area (TPSA) is 12.0 Å². The molecule has 0 spiro atoms. The van der Waals surface area contributed by atoms with Gasteiger partial charge in [0.2, 0.25) is 0 Å². The second kappa shape index (κ2) is 6.29. The van der Waals surface area contributed by atoms with E-state index in [0.717, 1.165) is 11.9 Å². The van der Waals surface area contributed by atoms with Crippen LogP contribution in [0.15, 0.2) is 18.2 Å². The van der Waals surface area contributed by atoms with E-state index in [4.69, 9.17) is 0 Å². The first-order valence-electron chi connectivity index (χ1n) is 5.49. The molecule has 1 atom stereocenters. The fourth-order valence-corrected chi connectivity index (χ4v) is 2.36. The molecule has 1 nitrogen and oxygen atoms in total. The summed E-state index contributed by atoms with van der Waals surface area (Å²) in [5, 5.41) is 4.61. The summed E-state index contributed by atoms with van der Waals surface area (Å²) in [6.45, 7) is 7.57. The second-order valence-electron chi connectivity index (χ2n) is 4.13. The van der Waals surface area contributed by atoms with Crippen molar-refractivity contribution < 1.29 is 0 Å². The lowest BCUT2D eigenvalue weighted by atomic mass is 10.0. The maximum absolute atomic E-state index is 3.55. The highest BCUT2D eigenvalue weighted by molar-refractivity contribution is 9.09. The van der Waals surface area contributed by atoms with Gasteiger partial charge in [0.15, 0.2) is 0 Å². The number of alkyl halides is 1. The molecule has 0 heterocycles. The Balaban J connectivity index is 2.57. The van der Waals surface area contributed by atoms with Gasteiger partial charge in [-0.15, -0.1) is 0 Å². The summed E-state index contributed by atoms with van der Waals surface area (Å²) in [4.78, 5) is 0. The quantitative estimate of drug-likeness (QED) is 0.806. The minimum absolute atomic E-state index is 0.573. The fourth-order valence-electron chi connectivity index (χ4n) is 1.67. The zero-order valence-electron chi connectivity index (χ0n) is 9.81. The first-order chi connectivity index (χ1) is 7.15. The van der Waals surface area contributed by atoms with Gasteiger partial charge in [-0.2, -0.15) is 0 Å². The molecule has 0 fully saturated rings. The summed E-state index contributed by atoms with van der Waals surface area (Å²) < 4.78 is 0. The molecule has 1 aromatic carbocycles. The van der Waals surface area contributed by atoms with Gasteiger partial charge in [-0.05, 0) is 43.9 Å². The fraction of sp³-hybridized carbons (Fsp3) is 0.538. The van der Waals surface area contributed by atoms with Gasteiger partial charge in [0.1, 0.15) is 0 Å². The van der Waals surface area contributed by atoms with E-state index >= 15 is 0 Å². The van der Waals surface area contributed by atoms with E-state index in [1.54, 1.807) is 0 Å². The lowest BCUT2D eigenvalue weighted by Gasteiger charge is -2.15. The summed E-state index contributed by atoms with van der Waals surface area (Å²) in [6.07, 6.45) is 1.17. The summed E-state index contributed by atoms with van der Waals surface area (Å²) >= 11 is 3.47. The van der Waals surface area contributed by atoms with Crippen LogP contribution in [0.3, 0.4) is 0 Å². The average Bonchev–Trinajstić information content (AvgIpc) is 2.17. The van der Waals surface area contributed by atoms with Crippen LogP contribution in [0.4, 0.5) is 0 Å². The van der Waals surface area contributed by atoms with E-state index < -0.39 is 0 Å². The summed E-state index contributed by atoms with van der Waals surface area (Å²) in [7, 11) is 0. The minimum Gasteiger partial charge on any atom is -0.310 e. The smallest absolute Gasteiger partial charge is 0.0213 e. The van der Waals surface area contributed by atoms with Crippen molar-refractivity contribution in [2.24, 2.45) is 0 Å². The zero-order valence-corrected chi connectivity index (χ0v) is 11.4. The van der Waals surface area contributed by atoms with E-state index in [1.165, 1.54) is 23.1 Å². The molecule has 0 amide bonds. The molecule has 15 heavy (non-hydrogen) atoms. The van der Waals surface area contributed by atoms with Crippen molar-refractivity contribution in [3.05, 3.63) is 34.9 Å². The van der Waals surface area contributed by atoms with E-state index in [9.17, 15) is 0 Å². The van der Waals surface area contributed by atoms with E-state index in [1.807, 2.05) is 0 Å². The molecule has 0 saturated heterocycles. The van der Waals surface area contributed by atoms with Crippen LogP contribution in [0, 0.1) is 13.8 Å². The van der Waals surface area contributed by atoms with Crippen molar-refractivity contribution in [3.8, 4) is 0 Å². The van der Waals surface area contributed by atoms with Crippen molar-refractivity contribution >= 4 is 15.9 Å². The van der Waals surface area contributed by atoms with Crippen molar-refractivity contribution in [2.45, 2.75) is 39.8 Å². The molecule has 1 unspecified atom stereocenters. The second-order valence-corrected chi connectivity index (χ2v) is 4.92. The molecule has 2 heteroatoms. The Labute approximate surface area is 101 Å². The number of hydrogen-bond donors (Lipinski definition) is 1. The molecule has 1 rings (SSSR count). The normalized spacial score (nSPS) is 12.8. The van der Waals surface area contributed by atoms with Gasteiger partial charge in [-0.3, -0.25) is 0 Å². The van der Waals surface area contributed by atoms with Gasteiger partial charge < -0.3 is 5.32 Å². The largest absolute Gasteiger partial charge is 0.310 e. The van der Waals surface area contributed by atoms with Crippen LogP contribution in [-0.4, -0.2) is 11.4 Å². The van der Waals surface area contributed by atoms with Gasteiger partial charge in [-0.1, -0.05) is 34.1 Å². The third-order valence-corrected chi connectivity index (χ3v) is 3.27. The first-order valence-corrected chi connectivity index (χ1v) is 6.61. The lowest BCUT2D eigenvalue weighted by molar-refractivity contribution is 0.536. The van der Waals surface area contributed by atoms with E-state index in [2.05, 4.69) is 60.2 Å². The number of benzene rings is 1. The third-order valence-electron chi connectivity index (χ3n) is 2.81. The first kappa shape index (κ1) is 12.7. The van der Waals surface area contributed by atoms with E-state index in [-0.39, 0.29) is 0 Å². The molecule has 0 saturated carbocycles. The Bertz CT molecular complexity index is 289. The third kappa shape index (κ3) is 3.96. The van der Waals surface area contributed by atoms with Crippen LogP contribution in [-0.2, 0) is 6.54 Å². The molecule has 1 N–H and O–H groups in total. The Morgan fingerprint density at radius 2 is 1.87 bits per heavy atom. The average molecular weight is 270 g/mol. The van der Waals surface area contributed by atoms with Crippen LogP contribution < -0.4 is 5.32 Å². The summed E-state index contributed by atoms with van der Waals surface area (Å²) in [5.41, 5.74) is 4.21. The number of aryl methyl sites for hydroxylation is 2. The SMILES string of the molecule is Cc1cccc(C)c1CNC(C)CCBr. The number of halogens is 1. The standard InChI is InChI=1S/C13H20BrN/c1-10-5-4-6-11(2)13(10)9-15-12(3)7-8-14/h4-6,12,15H,7-9H2,1-3H3. The number of nitrogens with one attached hydrogen (secondary N) is 1. The maximum atomic E-state index is 3.55. The van der Waals surface area contributed by atoms with Crippen molar-refractivity contribution in [3.63, 3.8) is 0 Å². The van der Waals surface area contributed by atoms with Crippen LogP contribution in [0.5, 0.6) is 0 Å². The van der Waals surface area contributed by atoms with Crippen molar-refractivity contribution in [2.75, 3.05) is 5.33 Å². The Hall–Kier alpha value is -0.340. The summed E-state index contributed by atoms with van der Waals surface area (Å²) in [6, 6.07) is 7.05. The van der Waals surface area contributed by atoms with Crippen LogP contribution in [0.25, 0.3) is 0 Å². The Morgan fingerprint density at radius 3 is 2.40 bits per heavy atom. The molecule has 0 aromatic heterocycles. The number of rotatable bonds is 5. The monoisotopic (exact) mass is 269 g/mol. The molecule has 0 aliphatic carbocycles. The molecular formula is C13H20BrN. The van der Waals surface area contributed by atoms with E-state index in [0.29, 0.717) is 6.04 Å². The molecule has 0 aliphatic rings. The highest BCUT2D eigenvalue weighted by Gasteiger charge is 2.04. The van der Waals surface area contributed by atoms with Crippen molar-refractivity contribution in [1.29, 1.82) is 0 Å². The predicted molar refractivity (Wildman–Crippen MR) is 70.6 cm³/mol. The van der Waals surface area contributed by atoms with Gasteiger partial charge in [0.25, 0.3) is 0 Å². The van der Waals surface area contributed by atoms with Gasteiger partial charge in [-0.25, -0.2) is 0 Å². The van der Waals surface area contributed by atoms with Gasteiger partial charge in [0.05, 0.1) is 0 Å². The zero-order chi connectivity index (χ0) is 11.3. The Kier molecular flexibility index (Phi) is 5.34. The molecule has 0 radical (unpaired) electrons. The predicted octanol–water partition coefficient (Wildman–Crippen LogP) is 3.57. The molecular weight excluding hydrogens is 250 g/mol. The highest BCUT2D eigenvalue weighted by atomic mass is 79.9. The number of hydrogen-bond acceptors (Lipinski definition) is 1.